The molecule has 1 aliphatic carbocycles. The fraction of sp³-hybridized carbons (Fsp3) is 0.471. The molecule has 0 radical (unpaired) electrons. The number of hydrogen-bond acceptors (Lipinski definition) is 4. The zero-order chi connectivity index (χ0) is 16.1. The Labute approximate surface area is 132 Å². The van der Waals surface area contributed by atoms with Crippen LogP contribution in [0.25, 0.3) is 0 Å². The predicted molar refractivity (Wildman–Crippen MR) is 88.7 cm³/mol. The second kappa shape index (κ2) is 7.20. The number of rotatable bonds is 7. The summed E-state index contributed by atoms with van der Waals surface area (Å²) in [5.74, 6) is 1.35. The van der Waals surface area contributed by atoms with Crippen molar-refractivity contribution in [3.05, 3.63) is 42.0 Å². The van der Waals surface area contributed by atoms with Crippen LogP contribution in [0.3, 0.4) is 0 Å². The summed E-state index contributed by atoms with van der Waals surface area (Å²) in [7, 11) is 0. The zero-order valence-electron chi connectivity index (χ0n) is 13.6. The van der Waals surface area contributed by atoms with E-state index in [4.69, 9.17) is 0 Å². The highest BCUT2D eigenvalue weighted by atomic mass is 16.1. The van der Waals surface area contributed by atoms with Crippen molar-refractivity contribution >= 4 is 11.7 Å². The molecule has 1 N–H and O–H groups in total. The van der Waals surface area contributed by atoms with Crippen molar-refractivity contribution in [3.63, 3.8) is 0 Å². The summed E-state index contributed by atoms with van der Waals surface area (Å²) in [6, 6.07) is 1.76. The van der Waals surface area contributed by atoms with Gasteiger partial charge in [0.25, 0.3) is 5.91 Å². The van der Waals surface area contributed by atoms with E-state index in [1.54, 1.807) is 12.1 Å². The van der Waals surface area contributed by atoms with E-state index in [1.807, 2.05) is 13.8 Å². The number of nitrogens with one attached hydrogen (secondary N) is 1. The standard InChI is InChI=1S/C17H24N4O/c1-5-14(12(3)4)20-17(22)15-9-16(19-11-18-15)21(6-2)10-13-7-8-13/h5,9,11,13H,1,6-8,10H2,2-4H3,(H,20,22). The summed E-state index contributed by atoms with van der Waals surface area (Å²) in [5.41, 5.74) is 2.09. The average Bonchev–Trinajstić information content (AvgIpc) is 3.33. The minimum absolute atomic E-state index is 0.234. The molecule has 0 spiro atoms. The highest BCUT2D eigenvalue weighted by molar-refractivity contribution is 5.94. The molecule has 5 heteroatoms. The smallest absolute Gasteiger partial charge is 0.274 e. The van der Waals surface area contributed by atoms with Crippen LogP contribution in [-0.4, -0.2) is 29.0 Å². The molecule has 1 aromatic heterocycles. The van der Waals surface area contributed by atoms with Gasteiger partial charge in [-0.1, -0.05) is 12.2 Å². The van der Waals surface area contributed by atoms with Gasteiger partial charge in [-0.3, -0.25) is 4.79 Å². The van der Waals surface area contributed by atoms with Gasteiger partial charge in [0, 0.05) is 24.9 Å². The zero-order valence-corrected chi connectivity index (χ0v) is 13.6. The van der Waals surface area contributed by atoms with Gasteiger partial charge in [-0.05, 0) is 45.6 Å². The van der Waals surface area contributed by atoms with Crippen LogP contribution in [0.5, 0.6) is 0 Å². The molecular weight excluding hydrogens is 276 g/mol. The maximum Gasteiger partial charge on any atom is 0.274 e. The molecule has 22 heavy (non-hydrogen) atoms. The Bertz CT molecular complexity index is 586. The van der Waals surface area contributed by atoms with Gasteiger partial charge in [0.2, 0.25) is 0 Å². The molecule has 0 unspecified atom stereocenters. The Hall–Kier alpha value is -2.17. The number of carbonyl (C=O) groups excluding carboxylic acids is 1. The van der Waals surface area contributed by atoms with Crippen LogP contribution in [-0.2, 0) is 0 Å². The minimum atomic E-state index is -0.234. The molecule has 1 heterocycles. The third-order valence-electron chi connectivity index (χ3n) is 3.76. The lowest BCUT2D eigenvalue weighted by Gasteiger charge is -2.21. The molecular formula is C17H24N4O. The summed E-state index contributed by atoms with van der Waals surface area (Å²) < 4.78 is 0. The van der Waals surface area contributed by atoms with E-state index in [-0.39, 0.29) is 5.91 Å². The quantitative estimate of drug-likeness (QED) is 0.787. The predicted octanol–water partition coefficient (Wildman–Crippen LogP) is 2.92. The molecule has 118 valence electrons. The lowest BCUT2D eigenvalue weighted by Crippen LogP contribution is -2.28. The number of amides is 1. The van der Waals surface area contributed by atoms with Crippen molar-refractivity contribution in [2.45, 2.75) is 33.6 Å². The molecule has 2 rings (SSSR count). The Morgan fingerprint density at radius 3 is 2.73 bits per heavy atom. The van der Waals surface area contributed by atoms with E-state index in [1.165, 1.54) is 19.2 Å². The topological polar surface area (TPSA) is 58.1 Å². The number of nitrogens with zero attached hydrogens (tertiary/aromatic N) is 3. The monoisotopic (exact) mass is 300 g/mol. The van der Waals surface area contributed by atoms with Gasteiger partial charge in [0.05, 0.1) is 0 Å². The highest BCUT2D eigenvalue weighted by Crippen LogP contribution is 2.30. The van der Waals surface area contributed by atoms with Gasteiger partial charge in [-0.15, -0.1) is 0 Å². The molecule has 5 nitrogen and oxygen atoms in total. The number of anilines is 1. The summed E-state index contributed by atoms with van der Waals surface area (Å²) in [6.07, 6.45) is 5.67. The molecule has 1 amide bonds. The van der Waals surface area contributed by atoms with E-state index in [0.29, 0.717) is 5.69 Å². The molecule has 0 atom stereocenters. The summed E-state index contributed by atoms with van der Waals surface area (Å²) in [5, 5.41) is 2.83. The van der Waals surface area contributed by atoms with Crippen LogP contribution in [0, 0.1) is 5.92 Å². The molecule has 1 aromatic rings. The van der Waals surface area contributed by atoms with E-state index in [9.17, 15) is 4.79 Å². The highest BCUT2D eigenvalue weighted by Gasteiger charge is 2.24. The van der Waals surface area contributed by atoms with Gasteiger partial charge in [0.1, 0.15) is 17.8 Å². The van der Waals surface area contributed by atoms with Crippen LogP contribution < -0.4 is 10.2 Å². The normalized spacial score (nSPS) is 13.4. The Morgan fingerprint density at radius 1 is 1.45 bits per heavy atom. The molecule has 0 bridgehead atoms. The van der Waals surface area contributed by atoms with Crippen LogP contribution in [0.2, 0.25) is 0 Å². The maximum absolute atomic E-state index is 12.3. The van der Waals surface area contributed by atoms with Crippen molar-refractivity contribution < 1.29 is 4.79 Å². The summed E-state index contributed by atoms with van der Waals surface area (Å²) in [4.78, 5) is 22.9. The third kappa shape index (κ3) is 4.16. The summed E-state index contributed by atoms with van der Waals surface area (Å²) in [6.45, 7) is 11.5. The fourth-order valence-corrected chi connectivity index (χ4v) is 2.21. The second-order valence-corrected chi connectivity index (χ2v) is 5.82. The van der Waals surface area contributed by atoms with Crippen molar-refractivity contribution in [1.29, 1.82) is 0 Å². The van der Waals surface area contributed by atoms with Crippen LogP contribution in [0.4, 0.5) is 5.82 Å². The van der Waals surface area contributed by atoms with Gasteiger partial charge >= 0.3 is 0 Å². The Balaban J connectivity index is 2.14. The lowest BCUT2D eigenvalue weighted by atomic mass is 10.2. The lowest BCUT2D eigenvalue weighted by molar-refractivity contribution is 0.0961. The van der Waals surface area contributed by atoms with Gasteiger partial charge in [-0.2, -0.15) is 0 Å². The Kier molecular flexibility index (Phi) is 5.31. The second-order valence-electron chi connectivity index (χ2n) is 5.82. The maximum atomic E-state index is 12.3. The van der Waals surface area contributed by atoms with Crippen molar-refractivity contribution in [2.24, 2.45) is 5.92 Å². The number of carbonyl (C=O) groups is 1. The fourth-order valence-electron chi connectivity index (χ4n) is 2.21. The molecule has 1 aliphatic rings. The van der Waals surface area contributed by atoms with Gasteiger partial charge in [-0.25, -0.2) is 9.97 Å². The average molecular weight is 300 g/mol. The largest absolute Gasteiger partial charge is 0.357 e. The van der Waals surface area contributed by atoms with Gasteiger partial charge < -0.3 is 10.2 Å². The van der Waals surface area contributed by atoms with Crippen molar-refractivity contribution in [2.75, 3.05) is 18.0 Å². The van der Waals surface area contributed by atoms with Crippen LogP contribution in [0.15, 0.2) is 36.3 Å². The van der Waals surface area contributed by atoms with E-state index in [0.717, 1.165) is 36.1 Å². The summed E-state index contributed by atoms with van der Waals surface area (Å²) >= 11 is 0. The van der Waals surface area contributed by atoms with Crippen molar-refractivity contribution in [3.8, 4) is 0 Å². The molecule has 0 saturated heterocycles. The number of hydrogen-bond donors (Lipinski definition) is 1. The molecule has 1 saturated carbocycles. The number of allylic oxidation sites excluding steroid dienone is 2. The Morgan fingerprint density at radius 2 is 2.18 bits per heavy atom. The minimum Gasteiger partial charge on any atom is -0.357 e. The molecule has 0 aliphatic heterocycles. The first-order chi connectivity index (χ1) is 10.5. The molecule has 1 fully saturated rings. The first-order valence-corrected chi connectivity index (χ1v) is 7.73. The molecule has 0 aromatic carbocycles. The number of aromatic nitrogens is 2. The first-order valence-electron chi connectivity index (χ1n) is 7.73. The van der Waals surface area contributed by atoms with Gasteiger partial charge in [0.15, 0.2) is 0 Å². The SMILES string of the molecule is C=CC(NC(=O)c1cc(N(CC)CC2CC2)ncn1)=C(C)C. The van der Waals surface area contributed by atoms with E-state index >= 15 is 0 Å². The van der Waals surface area contributed by atoms with E-state index in [2.05, 4.69) is 33.7 Å². The van der Waals surface area contributed by atoms with E-state index < -0.39 is 0 Å². The van der Waals surface area contributed by atoms with Crippen LogP contribution in [0.1, 0.15) is 44.1 Å². The first kappa shape index (κ1) is 16.2. The van der Waals surface area contributed by atoms with Crippen molar-refractivity contribution in [1.82, 2.24) is 15.3 Å². The van der Waals surface area contributed by atoms with Crippen LogP contribution >= 0.6 is 0 Å². The third-order valence-corrected chi connectivity index (χ3v) is 3.76.